The van der Waals surface area contributed by atoms with Gasteiger partial charge in [0, 0.05) is 51.1 Å². The van der Waals surface area contributed by atoms with Gasteiger partial charge in [0.05, 0.1) is 11.6 Å². The fraction of sp³-hybridized carbons (Fsp3) is 0.455. The molecule has 7 heteroatoms. The number of carbonyl (C=O) groups is 2. The van der Waals surface area contributed by atoms with Crippen LogP contribution in [-0.4, -0.2) is 62.5 Å². The summed E-state index contributed by atoms with van der Waals surface area (Å²) in [6.07, 6.45) is 1.23. The third-order valence-corrected chi connectivity index (χ3v) is 5.71. The SMILES string of the molecule is Cl.O=C(NCCCN1CCNCC1)C1CC(=O)N(c2cccc3ccccc23)C1. The lowest BCUT2D eigenvalue weighted by Crippen LogP contribution is -2.44. The van der Waals surface area contributed by atoms with Crippen molar-refractivity contribution in [1.29, 1.82) is 0 Å². The Balaban J connectivity index is 0.00000240. The highest BCUT2D eigenvalue weighted by Crippen LogP contribution is 2.31. The van der Waals surface area contributed by atoms with E-state index in [4.69, 9.17) is 0 Å². The van der Waals surface area contributed by atoms with E-state index in [0.29, 0.717) is 13.1 Å². The fourth-order valence-corrected chi connectivity index (χ4v) is 4.15. The summed E-state index contributed by atoms with van der Waals surface area (Å²) in [7, 11) is 0. The molecule has 2 saturated heterocycles. The Morgan fingerprint density at radius 1 is 1.10 bits per heavy atom. The van der Waals surface area contributed by atoms with Crippen LogP contribution in [0.15, 0.2) is 42.5 Å². The Bertz CT molecular complexity index is 848. The average Bonchev–Trinajstić information content (AvgIpc) is 3.13. The van der Waals surface area contributed by atoms with Gasteiger partial charge in [0.15, 0.2) is 0 Å². The molecule has 2 N–H and O–H groups in total. The van der Waals surface area contributed by atoms with E-state index in [2.05, 4.69) is 15.5 Å². The Labute approximate surface area is 178 Å². The Morgan fingerprint density at radius 3 is 2.69 bits per heavy atom. The van der Waals surface area contributed by atoms with E-state index in [1.807, 2.05) is 42.5 Å². The van der Waals surface area contributed by atoms with Crippen molar-refractivity contribution in [2.24, 2.45) is 5.92 Å². The first kappa shape index (κ1) is 21.6. The standard InChI is InChI=1S/C22H28N4O2.ClH/c27-21-15-18(22(28)24-9-4-12-25-13-10-23-11-14-25)16-26(21)20-8-3-6-17-5-1-2-7-19(17)20;/h1-3,5-8,18,23H,4,9-16H2,(H,24,28);1H. The normalized spacial score (nSPS) is 19.9. The largest absolute Gasteiger partial charge is 0.356 e. The zero-order valence-corrected chi connectivity index (χ0v) is 17.4. The average molecular weight is 417 g/mol. The summed E-state index contributed by atoms with van der Waals surface area (Å²) in [5.41, 5.74) is 0.900. The molecule has 0 bridgehead atoms. The highest BCUT2D eigenvalue weighted by molar-refractivity contribution is 6.06. The van der Waals surface area contributed by atoms with Crippen LogP contribution in [-0.2, 0) is 9.59 Å². The molecule has 2 heterocycles. The van der Waals surface area contributed by atoms with Crippen LogP contribution in [0, 0.1) is 5.92 Å². The van der Waals surface area contributed by atoms with Crippen LogP contribution in [0.25, 0.3) is 10.8 Å². The van der Waals surface area contributed by atoms with E-state index in [1.54, 1.807) is 4.90 Å². The molecule has 1 atom stereocenters. The topological polar surface area (TPSA) is 64.7 Å². The maximum absolute atomic E-state index is 12.6. The highest BCUT2D eigenvalue weighted by Gasteiger charge is 2.35. The van der Waals surface area contributed by atoms with Gasteiger partial charge in [-0.15, -0.1) is 12.4 Å². The van der Waals surface area contributed by atoms with Crippen molar-refractivity contribution in [3.8, 4) is 0 Å². The van der Waals surface area contributed by atoms with Crippen LogP contribution in [0.3, 0.4) is 0 Å². The summed E-state index contributed by atoms with van der Waals surface area (Å²) in [6.45, 7) is 6.36. The molecule has 4 rings (SSSR count). The summed E-state index contributed by atoms with van der Waals surface area (Å²) in [4.78, 5) is 29.4. The highest BCUT2D eigenvalue weighted by atomic mass is 35.5. The summed E-state index contributed by atoms with van der Waals surface area (Å²) >= 11 is 0. The van der Waals surface area contributed by atoms with Crippen molar-refractivity contribution in [2.75, 3.05) is 50.7 Å². The molecule has 1 unspecified atom stereocenters. The molecule has 2 fully saturated rings. The minimum absolute atomic E-state index is 0. The first-order valence-electron chi connectivity index (χ1n) is 10.2. The van der Waals surface area contributed by atoms with Crippen LogP contribution in [0.4, 0.5) is 5.69 Å². The molecular weight excluding hydrogens is 388 g/mol. The number of amides is 2. The lowest BCUT2D eigenvalue weighted by molar-refractivity contribution is -0.126. The van der Waals surface area contributed by atoms with Crippen molar-refractivity contribution in [1.82, 2.24) is 15.5 Å². The maximum atomic E-state index is 12.6. The first-order chi connectivity index (χ1) is 13.7. The molecule has 2 aliphatic rings. The molecule has 0 aliphatic carbocycles. The zero-order valence-electron chi connectivity index (χ0n) is 16.6. The molecule has 156 valence electrons. The lowest BCUT2D eigenvalue weighted by atomic mass is 10.1. The van der Waals surface area contributed by atoms with Crippen molar-refractivity contribution >= 4 is 40.7 Å². The number of benzene rings is 2. The number of anilines is 1. The van der Waals surface area contributed by atoms with Crippen LogP contribution in [0.2, 0.25) is 0 Å². The van der Waals surface area contributed by atoms with Gasteiger partial charge < -0.3 is 20.4 Å². The van der Waals surface area contributed by atoms with E-state index < -0.39 is 0 Å². The lowest BCUT2D eigenvalue weighted by Gasteiger charge is -2.27. The van der Waals surface area contributed by atoms with Crippen LogP contribution >= 0.6 is 12.4 Å². The molecule has 2 aromatic rings. The van der Waals surface area contributed by atoms with Gasteiger partial charge in [-0.2, -0.15) is 0 Å². The van der Waals surface area contributed by atoms with E-state index in [-0.39, 0.29) is 36.6 Å². The van der Waals surface area contributed by atoms with Crippen LogP contribution < -0.4 is 15.5 Å². The summed E-state index contributed by atoms with van der Waals surface area (Å²) in [6, 6.07) is 14.0. The summed E-state index contributed by atoms with van der Waals surface area (Å²) in [5, 5.41) is 8.54. The van der Waals surface area contributed by atoms with Gasteiger partial charge in [-0.05, 0) is 24.4 Å². The molecule has 29 heavy (non-hydrogen) atoms. The van der Waals surface area contributed by atoms with E-state index in [0.717, 1.165) is 55.6 Å². The third kappa shape index (κ3) is 5.07. The molecular formula is C22H29ClN4O2. The Hall–Kier alpha value is -2.15. The predicted octanol–water partition coefficient (Wildman–Crippen LogP) is 2.03. The van der Waals surface area contributed by atoms with Gasteiger partial charge in [-0.3, -0.25) is 9.59 Å². The van der Waals surface area contributed by atoms with Crippen molar-refractivity contribution < 1.29 is 9.59 Å². The summed E-state index contributed by atoms with van der Waals surface area (Å²) in [5.74, 6) is -0.251. The van der Waals surface area contributed by atoms with Crippen molar-refractivity contribution in [3.05, 3.63) is 42.5 Å². The molecule has 0 spiro atoms. The Kier molecular flexibility index (Phi) is 7.47. The molecule has 2 amide bonds. The second-order valence-electron chi connectivity index (χ2n) is 7.64. The van der Waals surface area contributed by atoms with Crippen LogP contribution in [0.5, 0.6) is 0 Å². The molecule has 2 aliphatic heterocycles. The number of carbonyl (C=O) groups excluding carboxylic acids is 2. The number of nitrogens with one attached hydrogen (secondary N) is 2. The number of hydrogen-bond donors (Lipinski definition) is 2. The number of halogens is 1. The minimum atomic E-state index is -0.273. The smallest absolute Gasteiger partial charge is 0.227 e. The predicted molar refractivity (Wildman–Crippen MR) is 119 cm³/mol. The number of piperazine rings is 1. The molecule has 0 saturated carbocycles. The van der Waals surface area contributed by atoms with Gasteiger partial charge in [0.1, 0.15) is 0 Å². The summed E-state index contributed by atoms with van der Waals surface area (Å²) < 4.78 is 0. The second kappa shape index (κ2) is 10.1. The van der Waals surface area contributed by atoms with Crippen molar-refractivity contribution in [2.45, 2.75) is 12.8 Å². The molecule has 0 aromatic heterocycles. The van der Waals surface area contributed by atoms with E-state index in [9.17, 15) is 9.59 Å². The quantitative estimate of drug-likeness (QED) is 0.707. The molecule has 0 radical (unpaired) electrons. The third-order valence-electron chi connectivity index (χ3n) is 5.71. The minimum Gasteiger partial charge on any atom is -0.356 e. The maximum Gasteiger partial charge on any atom is 0.227 e. The van der Waals surface area contributed by atoms with Gasteiger partial charge in [0.2, 0.25) is 11.8 Å². The van der Waals surface area contributed by atoms with Crippen molar-refractivity contribution in [3.63, 3.8) is 0 Å². The number of nitrogens with zero attached hydrogens (tertiary/aromatic N) is 2. The monoisotopic (exact) mass is 416 g/mol. The van der Waals surface area contributed by atoms with Gasteiger partial charge in [-0.25, -0.2) is 0 Å². The van der Waals surface area contributed by atoms with Gasteiger partial charge >= 0.3 is 0 Å². The Morgan fingerprint density at radius 2 is 1.86 bits per heavy atom. The zero-order chi connectivity index (χ0) is 19.3. The second-order valence-corrected chi connectivity index (χ2v) is 7.64. The first-order valence-corrected chi connectivity index (χ1v) is 10.2. The molecule has 2 aromatic carbocycles. The van der Waals surface area contributed by atoms with Gasteiger partial charge in [0.25, 0.3) is 0 Å². The number of hydrogen-bond acceptors (Lipinski definition) is 4. The van der Waals surface area contributed by atoms with E-state index in [1.165, 1.54) is 0 Å². The fourth-order valence-electron chi connectivity index (χ4n) is 4.15. The molecule has 6 nitrogen and oxygen atoms in total. The van der Waals surface area contributed by atoms with Gasteiger partial charge in [-0.1, -0.05) is 36.4 Å². The van der Waals surface area contributed by atoms with E-state index >= 15 is 0 Å². The number of rotatable bonds is 6. The van der Waals surface area contributed by atoms with Crippen LogP contribution in [0.1, 0.15) is 12.8 Å². The number of fused-ring (bicyclic) bond motifs is 1.